The lowest BCUT2D eigenvalue weighted by atomic mass is 9.98. The Kier molecular flexibility index (Phi) is 9.29. The van der Waals surface area contributed by atoms with Crippen molar-refractivity contribution >= 4 is 10.9 Å². The van der Waals surface area contributed by atoms with Crippen LogP contribution in [-0.4, -0.2) is 58.0 Å². The van der Waals surface area contributed by atoms with Crippen molar-refractivity contribution in [1.82, 2.24) is 30.1 Å². The van der Waals surface area contributed by atoms with Crippen LogP contribution in [0.1, 0.15) is 55.7 Å². The molecule has 10 heteroatoms. The van der Waals surface area contributed by atoms with Crippen LogP contribution in [0.25, 0.3) is 10.9 Å². The third-order valence-electron chi connectivity index (χ3n) is 8.28. The predicted octanol–water partition coefficient (Wildman–Crippen LogP) is 5.52. The Morgan fingerprint density at radius 3 is 2.39 bits per heavy atom. The van der Waals surface area contributed by atoms with Crippen molar-refractivity contribution in [2.45, 2.75) is 51.7 Å². The second kappa shape index (κ2) is 13.3. The van der Waals surface area contributed by atoms with Gasteiger partial charge >= 0.3 is 0 Å². The van der Waals surface area contributed by atoms with Crippen molar-refractivity contribution in [2.24, 2.45) is 0 Å². The van der Waals surface area contributed by atoms with Gasteiger partial charge in [0.2, 0.25) is 0 Å². The van der Waals surface area contributed by atoms with Crippen molar-refractivity contribution in [3.05, 3.63) is 106 Å². The number of pyridine rings is 1. The molecule has 0 spiro atoms. The van der Waals surface area contributed by atoms with Gasteiger partial charge in [0, 0.05) is 24.7 Å². The molecule has 0 aliphatic rings. The highest BCUT2D eigenvalue weighted by Crippen LogP contribution is 2.33. The predicted molar refractivity (Wildman–Crippen MR) is 170 cm³/mol. The molecule has 3 aromatic carbocycles. The van der Waals surface area contributed by atoms with Gasteiger partial charge in [-0.2, -0.15) is 0 Å². The number of ether oxygens (including phenoxy) is 3. The Balaban J connectivity index is 1.66. The van der Waals surface area contributed by atoms with E-state index in [1.165, 1.54) is 0 Å². The summed E-state index contributed by atoms with van der Waals surface area (Å²) < 4.78 is 18.3. The lowest BCUT2D eigenvalue weighted by molar-refractivity contribution is 0.190. The average molecular weight is 597 g/mol. The van der Waals surface area contributed by atoms with Gasteiger partial charge in [-0.15, -0.1) is 5.10 Å². The fraction of sp³-hybridized carbons (Fsp3) is 0.353. The van der Waals surface area contributed by atoms with E-state index in [0.717, 1.165) is 22.9 Å². The summed E-state index contributed by atoms with van der Waals surface area (Å²) in [5.41, 5.74) is 2.87. The molecule has 1 atom stereocenters. The minimum absolute atomic E-state index is 0.205. The normalized spacial score (nSPS) is 12.4. The first-order valence-corrected chi connectivity index (χ1v) is 14.8. The van der Waals surface area contributed by atoms with E-state index < -0.39 is 6.04 Å². The number of fused-ring (bicyclic) bond motifs is 1. The van der Waals surface area contributed by atoms with Crippen LogP contribution in [0.15, 0.2) is 77.6 Å². The first-order valence-electron chi connectivity index (χ1n) is 14.8. The molecule has 0 saturated heterocycles. The second-order valence-corrected chi connectivity index (χ2v) is 11.4. The molecule has 1 N–H and O–H groups in total. The van der Waals surface area contributed by atoms with E-state index in [2.05, 4.69) is 58.3 Å². The summed E-state index contributed by atoms with van der Waals surface area (Å²) in [4.78, 5) is 19.3. The zero-order chi connectivity index (χ0) is 31.3. The van der Waals surface area contributed by atoms with Gasteiger partial charge in [-0.05, 0) is 84.0 Å². The van der Waals surface area contributed by atoms with Gasteiger partial charge in [0.05, 0.1) is 32.4 Å². The first-order chi connectivity index (χ1) is 21.3. The molecule has 0 radical (unpaired) electrons. The fourth-order valence-corrected chi connectivity index (χ4v) is 5.40. The van der Waals surface area contributed by atoms with Gasteiger partial charge in [-0.25, -0.2) is 4.68 Å². The Morgan fingerprint density at radius 2 is 1.68 bits per heavy atom. The van der Waals surface area contributed by atoms with E-state index in [4.69, 9.17) is 14.2 Å². The van der Waals surface area contributed by atoms with Gasteiger partial charge in [0.25, 0.3) is 5.56 Å². The summed E-state index contributed by atoms with van der Waals surface area (Å²) in [6, 6.07) is 23.3. The molecule has 0 aliphatic carbocycles. The van der Waals surface area contributed by atoms with Gasteiger partial charge in [0.15, 0.2) is 17.3 Å². The van der Waals surface area contributed by atoms with Crippen molar-refractivity contribution in [3.63, 3.8) is 0 Å². The Bertz CT molecular complexity index is 1770. The molecule has 0 saturated carbocycles. The number of hydrogen-bond donors (Lipinski definition) is 1. The molecule has 2 aromatic heterocycles. The van der Waals surface area contributed by atoms with Crippen LogP contribution < -0.4 is 19.8 Å². The van der Waals surface area contributed by atoms with Crippen LogP contribution in [0.5, 0.6) is 17.2 Å². The van der Waals surface area contributed by atoms with Crippen LogP contribution in [0, 0.1) is 0 Å². The number of methoxy groups -OCH3 is 3. The molecule has 0 aliphatic heterocycles. The number of aromatic amines is 1. The van der Waals surface area contributed by atoms with Gasteiger partial charge in [-0.1, -0.05) is 43.3 Å². The SMILES string of the molecule is CCC(C)(C)n1nnnc1C(c1cc2ccc(OC)cc2[nH]c1=O)N(CCc1ccc(OC)c(OC)c1)Cc1ccccc1. The number of nitrogens with zero attached hydrogens (tertiary/aromatic N) is 5. The second-order valence-electron chi connectivity index (χ2n) is 11.4. The highest BCUT2D eigenvalue weighted by Gasteiger charge is 2.34. The summed E-state index contributed by atoms with van der Waals surface area (Å²) in [5, 5.41) is 14.0. The maximum absolute atomic E-state index is 14.0. The summed E-state index contributed by atoms with van der Waals surface area (Å²) in [6.07, 6.45) is 1.49. The maximum Gasteiger partial charge on any atom is 0.253 e. The van der Waals surface area contributed by atoms with E-state index in [9.17, 15) is 4.79 Å². The maximum atomic E-state index is 14.0. The number of benzene rings is 3. The number of nitrogens with one attached hydrogen (secondary N) is 1. The summed E-state index contributed by atoms with van der Waals surface area (Å²) >= 11 is 0. The van der Waals surface area contributed by atoms with Crippen LogP contribution in [0.2, 0.25) is 0 Å². The van der Waals surface area contributed by atoms with E-state index >= 15 is 0 Å². The number of hydrogen-bond acceptors (Lipinski definition) is 8. The molecule has 0 amide bonds. The van der Waals surface area contributed by atoms with E-state index in [1.807, 2.05) is 65.3 Å². The minimum Gasteiger partial charge on any atom is -0.497 e. The molecular formula is C34H40N6O4. The summed E-state index contributed by atoms with van der Waals surface area (Å²) in [5.74, 6) is 2.63. The fourth-order valence-electron chi connectivity index (χ4n) is 5.40. The first kappa shape index (κ1) is 30.7. The molecule has 5 aromatic rings. The molecular weight excluding hydrogens is 556 g/mol. The highest BCUT2D eigenvalue weighted by molar-refractivity contribution is 5.80. The van der Waals surface area contributed by atoms with Gasteiger partial charge < -0.3 is 19.2 Å². The van der Waals surface area contributed by atoms with Crippen LogP contribution >= 0.6 is 0 Å². The lowest BCUT2D eigenvalue weighted by Gasteiger charge is -2.33. The molecule has 10 nitrogen and oxygen atoms in total. The molecule has 230 valence electrons. The van der Waals surface area contributed by atoms with E-state index in [1.54, 1.807) is 21.3 Å². The summed E-state index contributed by atoms with van der Waals surface area (Å²) in [7, 11) is 4.87. The van der Waals surface area contributed by atoms with Crippen molar-refractivity contribution in [2.75, 3.05) is 27.9 Å². The zero-order valence-corrected chi connectivity index (χ0v) is 26.2. The Labute approximate surface area is 257 Å². The standard InChI is InChI=1S/C34H40N6O4/c1-7-34(2,3)40-32(36-37-38-40)31(27-20-25-14-15-26(42-4)21-28(25)35-33(27)41)39(22-24-11-9-8-10-12-24)18-17-23-13-16-29(43-5)30(19-23)44-6/h8-16,19-21,31H,7,17-18,22H2,1-6H3,(H,35,41). The third kappa shape index (κ3) is 6.45. The van der Waals surface area contributed by atoms with Crippen LogP contribution in [0.4, 0.5) is 0 Å². The minimum atomic E-state index is -0.550. The third-order valence-corrected chi connectivity index (χ3v) is 8.28. The largest absolute Gasteiger partial charge is 0.497 e. The molecule has 0 bridgehead atoms. The average Bonchev–Trinajstić information content (AvgIpc) is 3.54. The molecule has 44 heavy (non-hydrogen) atoms. The highest BCUT2D eigenvalue weighted by atomic mass is 16.5. The number of tetrazole rings is 1. The zero-order valence-electron chi connectivity index (χ0n) is 26.2. The molecule has 5 rings (SSSR count). The topological polar surface area (TPSA) is 107 Å². The Hall–Kier alpha value is -4.70. The Morgan fingerprint density at radius 1 is 0.909 bits per heavy atom. The molecule has 1 unspecified atom stereocenters. The van der Waals surface area contributed by atoms with Gasteiger partial charge in [0.1, 0.15) is 11.8 Å². The summed E-state index contributed by atoms with van der Waals surface area (Å²) in [6.45, 7) is 7.49. The van der Waals surface area contributed by atoms with Crippen LogP contribution in [0.3, 0.4) is 0 Å². The van der Waals surface area contributed by atoms with Crippen molar-refractivity contribution in [3.8, 4) is 17.2 Å². The van der Waals surface area contributed by atoms with Crippen molar-refractivity contribution in [1.29, 1.82) is 0 Å². The smallest absolute Gasteiger partial charge is 0.253 e. The monoisotopic (exact) mass is 596 g/mol. The molecule has 0 fully saturated rings. The lowest BCUT2D eigenvalue weighted by Crippen LogP contribution is -2.39. The van der Waals surface area contributed by atoms with Crippen molar-refractivity contribution < 1.29 is 14.2 Å². The quantitative estimate of drug-likeness (QED) is 0.189. The van der Waals surface area contributed by atoms with E-state index in [0.29, 0.717) is 53.7 Å². The van der Waals surface area contributed by atoms with Gasteiger partial charge in [-0.3, -0.25) is 9.69 Å². The molecule has 2 heterocycles. The van der Waals surface area contributed by atoms with E-state index in [-0.39, 0.29) is 11.1 Å². The number of rotatable bonds is 13. The number of H-pyrrole nitrogens is 1. The van der Waals surface area contributed by atoms with Crippen LogP contribution in [-0.2, 0) is 18.5 Å². The number of aromatic nitrogens is 5.